The lowest BCUT2D eigenvalue weighted by Crippen LogP contribution is -2.28. The van der Waals surface area contributed by atoms with Crippen LogP contribution in [-0.2, 0) is 16.1 Å². The van der Waals surface area contributed by atoms with Gasteiger partial charge in [0.2, 0.25) is 5.91 Å². The van der Waals surface area contributed by atoms with E-state index in [2.05, 4.69) is 0 Å². The molecule has 0 aliphatic heterocycles. The molecule has 96 valence electrons. The molecule has 0 saturated heterocycles. The summed E-state index contributed by atoms with van der Waals surface area (Å²) in [5.41, 5.74) is 0.661. The van der Waals surface area contributed by atoms with Crippen LogP contribution in [0.4, 0.5) is 4.39 Å². The van der Waals surface area contributed by atoms with E-state index in [9.17, 15) is 14.0 Å². The highest BCUT2D eigenvalue weighted by molar-refractivity contribution is 5.93. The Morgan fingerprint density at radius 3 is 2.67 bits per heavy atom. The Hall–Kier alpha value is -2.17. The molecule has 0 bridgehead atoms. The molecule has 1 amide bonds. The van der Waals surface area contributed by atoms with Crippen molar-refractivity contribution in [1.29, 1.82) is 0 Å². The Morgan fingerprint density at radius 2 is 2.11 bits per heavy atom. The van der Waals surface area contributed by atoms with Gasteiger partial charge in [-0.2, -0.15) is 0 Å². The van der Waals surface area contributed by atoms with Gasteiger partial charge in [0, 0.05) is 25.2 Å². The first-order chi connectivity index (χ1) is 8.52. The Bertz CT molecular complexity index is 471. The number of aliphatic carboxylic acids is 1. The fourth-order valence-corrected chi connectivity index (χ4v) is 1.45. The zero-order valence-corrected chi connectivity index (χ0v) is 9.97. The van der Waals surface area contributed by atoms with Crippen molar-refractivity contribution in [2.24, 2.45) is 0 Å². The van der Waals surface area contributed by atoms with E-state index >= 15 is 0 Å². The molecule has 18 heavy (non-hydrogen) atoms. The molecule has 0 aliphatic carbocycles. The van der Waals surface area contributed by atoms with Crippen molar-refractivity contribution in [2.75, 3.05) is 6.54 Å². The van der Waals surface area contributed by atoms with Crippen LogP contribution >= 0.6 is 0 Å². The molecule has 1 rings (SSSR count). The summed E-state index contributed by atoms with van der Waals surface area (Å²) in [5.74, 6) is -1.95. The van der Waals surface area contributed by atoms with Crippen LogP contribution in [0.1, 0.15) is 12.5 Å². The molecule has 0 heterocycles. The first kappa shape index (κ1) is 13.9. The van der Waals surface area contributed by atoms with Crippen molar-refractivity contribution < 1.29 is 19.1 Å². The van der Waals surface area contributed by atoms with Gasteiger partial charge >= 0.3 is 5.97 Å². The minimum Gasteiger partial charge on any atom is -0.478 e. The zero-order valence-electron chi connectivity index (χ0n) is 9.97. The van der Waals surface area contributed by atoms with E-state index in [4.69, 9.17) is 5.11 Å². The lowest BCUT2D eigenvalue weighted by molar-refractivity contribution is -0.132. The summed E-state index contributed by atoms with van der Waals surface area (Å²) in [5, 5.41) is 8.44. The third-order valence-corrected chi connectivity index (χ3v) is 2.32. The lowest BCUT2D eigenvalue weighted by atomic mass is 10.2. The quantitative estimate of drug-likeness (QED) is 0.812. The molecule has 0 atom stereocenters. The number of rotatable bonds is 5. The number of carbonyl (C=O) groups excluding carboxylic acids is 1. The zero-order chi connectivity index (χ0) is 13.5. The minimum absolute atomic E-state index is 0.247. The highest BCUT2D eigenvalue weighted by Crippen LogP contribution is 2.07. The fraction of sp³-hybridized carbons (Fsp3) is 0.231. The summed E-state index contributed by atoms with van der Waals surface area (Å²) in [6, 6.07) is 5.94. The van der Waals surface area contributed by atoms with E-state index in [0.717, 1.165) is 12.2 Å². The van der Waals surface area contributed by atoms with Gasteiger partial charge in [0.15, 0.2) is 0 Å². The second kappa shape index (κ2) is 6.54. The van der Waals surface area contributed by atoms with Gasteiger partial charge < -0.3 is 10.0 Å². The summed E-state index contributed by atoms with van der Waals surface area (Å²) in [6.07, 6.45) is 1.78. The first-order valence-electron chi connectivity index (χ1n) is 5.47. The van der Waals surface area contributed by atoms with Crippen LogP contribution in [0.5, 0.6) is 0 Å². The number of carbonyl (C=O) groups is 2. The molecule has 0 radical (unpaired) electrons. The predicted molar refractivity (Wildman–Crippen MR) is 64.3 cm³/mol. The number of nitrogens with zero attached hydrogens (tertiary/aromatic N) is 1. The number of hydrogen-bond donors (Lipinski definition) is 1. The second-order valence-corrected chi connectivity index (χ2v) is 3.65. The van der Waals surface area contributed by atoms with E-state index in [1.165, 1.54) is 17.0 Å². The van der Waals surface area contributed by atoms with Crippen molar-refractivity contribution in [3.05, 3.63) is 47.8 Å². The molecule has 0 saturated carbocycles. The molecular formula is C13H14FNO3. The van der Waals surface area contributed by atoms with Crippen molar-refractivity contribution in [3.8, 4) is 0 Å². The number of hydrogen-bond acceptors (Lipinski definition) is 2. The number of likely N-dealkylation sites (N-methyl/N-ethyl adjacent to an activating group) is 1. The Labute approximate surface area is 104 Å². The van der Waals surface area contributed by atoms with Crippen LogP contribution in [0, 0.1) is 5.82 Å². The topological polar surface area (TPSA) is 57.6 Å². The average Bonchev–Trinajstić information content (AvgIpc) is 2.33. The number of halogens is 1. The van der Waals surface area contributed by atoms with E-state index < -0.39 is 11.9 Å². The molecule has 1 aromatic carbocycles. The molecule has 0 fully saturated rings. The number of amides is 1. The molecule has 4 nitrogen and oxygen atoms in total. The van der Waals surface area contributed by atoms with Crippen LogP contribution in [0.25, 0.3) is 0 Å². The SMILES string of the molecule is CCN(Cc1cccc(F)c1)C(=O)/C=C/C(=O)O. The number of carboxylic acids is 1. The standard InChI is InChI=1S/C13H14FNO3/c1-2-15(12(16)6-7-13(17)18)9-10-4-3-5-11(14)8-10/h3-8H,2,9H2,1H3,(H,17,18)/b7-6+. The van der Waals surface area contributed by atoms with Gasteiger partial charge in [0.25, 0.3) is 0 Å². The third kappa shape index (κ3) is 4.37. The third-order valence-electron chi connectivity index (χ3n) is 2.32. The van der Waals surface area contributed by atoms with E-state index in [1.807, 2.05) is 0 Å². The van der Waals surface area contributed by atoms with Crippen molar-refractivity contribution in [2.45, 2.75) is 13.5 Å². The highest BCUT2D eigenvalue weighted by atomic mass is 19.1. The van der Waals surface area contributed by atoms with Gasteiger partial charge in [-0.15, -0.1) is 0 Å². The molecular weight excluding hydrogens is 237 g/mol. The molecule has 0 aromatic heterocycles. The monoisotopic (exact) mass is 251 g/mol. The highest BCUT2D eigenvalue weighted by Gasteiger charge is 2.09. The fourth-order valence-electron chi connectivity index (χ4n) is 1.45. The molecule has 0 unspecified atom stereocenters. The molecule has 5 heteroatoms. The smallest absolute Gasteiger partial charge is 0.328 e. The Balaban J connectivity index is 2.73. The maximum Gasteiger partial charge on any atom is 0.328 e. The predicted octanol–water partition coefficient (Wildman–Crippen LogP) is 1.81. The Morgan fingerprint density at radius 1 is 1.39 bits per heavy atom. The number of carboxylic acid groups (broad SMARTS) is 1. The minimum atomic E-state index is -1.18. The van der Waals surface area contributed by atoms with Gasteiger partial charge in [-0.3, -0.25) is 4.79 Å². The summed E-state index contributed by atoms with van der Waals surface area (Å²) >= 11 is 0. The van der Waals surface area contributed by atoms with Crippen molar-refractivity contribution in [3.63, 3.8) is 0 Å². The van der Waals surface area contributed by atoms with Gasteiger partial charge in [-0.1, -0.05) is 12.1 Å². The Kier molecular flexibility index (Phi) is 5.05. The molecule has 0 aliphatic rings. The van der Waals surface area contributed by atoms with Crippen LogP contribution in [0.3, 0.4) is 0 Å². The van der Waals surface area contributed by atoms with Crippen LogP contribution in [0.15, 0.2) is 36.4 Å². The summed E-state index contributed by atoms with van der Waals surface area (Å²) < 4.78 is 13.0. The normalized spacial score (nSPS) is 10.6. The van der Waals surface area contributed by atoms with Crippen molar-refractivity contribution >= 4 is 11.9 Å². The van der Waals surface area contributed by atoms with Crippen LogP contribution < -0.4 is 0 Å². The van der Waals surface area contributed by atoms with Gasteiger partial charge in [0.1, 0.15) is 5.82 Å². The first-order valence-corrected chi connectivity index (χ1v) is 5.47. The number of benzene rings is 1. The largest absolute Gasteiger partial charge is 0.478 e. The summed E-state index contributed by atoms with van der Waals surface area (Å²) in [4.78, 5) is 23.4. The van der Waals surface area contributed by atoms with E-state index in [-0.39, 0.29) is 12.4 Å². The molecule has 1 N–H and O–H groups in total. The van der Waals surface area contributed by atoms with Crippen molar-refractivity contribution in [1.82, 2.24) is 4.90 Å². The second-order valence-electron chi connectivity index (χ2n) is 3.65. The summed E-state index contributed by atoms with van der Waals surface area (Å²) in [7, 11) is 0. The van der Waals surface area contributed by atoms with E-state index in [1.54, 1.807) is 19.1 Å². The average molecular weight is 251 g/mol. The van der Waals surface area contributed by atoms with Gasteiger partial charge in [0.05, 0.1) is 0 Å². The van der Waals surface area contributed by atoms with Gasteiger partial charge in [-0.25, -0.2) is 9.18 Å². The maximum atomic E-state index is 13.0. The van der Waals surface area contributed by atoms with E-state index in [0.29, 0.717) is 12.1 Å². The lowest BCUT2D eigenvalue weighted by Gasteiger charge is -2.19. The van der Waals surface area contributed by atoms with Crippen LogP contribution in [0.2, 0.25) is 0 Å². The molecule has 1 aromatic rings. The summed E-state index contributed by atoms with van der Waals surface area (Å²) in [6.45, 7) is 2.43. The van der Waals surface area contributed by atoms with Gasteiger partial charge in [-0.05, 0) is 24.6 Å². The van der Waals surface area contributed by atoms with Crippen LogP contribution in [-0.4, -0.2) is 28.4 Å². The molecule has 0 spiro atoms. The maximum absolute atomic E-state index is 13.0.